The lowest BCUT2D eigenvalue weighted by atomic mass is 9.64. The summed E-state index contributed by atoms with van der Waals surface area (Å²) in [6, 6.07) is 10.7. The minimum Gasteiger partial charge on any atom is -0.353 e. The van der Waals surface area contributed by atoms with E-state index in [1.54, 1.807) is 14.2 Å². The molecule has 0 aromatic heterocycles. The molecule has 2 bridgehead atoms. The number of hydrogen-bond acceptors (Lipinski definition) is 3. The van der Waals surface area contributed by atoms with E-state index in [2.05, 4.69) is 35.2 Å². The molecule has 18 heavy (non-hydrogen) atoms. The summed E-state index contributed by atoms with van der Waals surface area (Å²) < 4.78 is 11.3. The van der Waals surface area contributed by atoms with E-state index in [9.17, 15) is 0 Å². The second kappa shape index (κ2) is 4.65. The molecule has 2 unspecified atom stereocenters. The van der Waals surface area contributed by atoms with Gasteiger partial charge in [-0.15, -0.1) is 0 Å². The van der Waals surface area contributed by atoms with Crippen molar-refractivity contribution < 1.29 is 9.47 Å². The van der Waals surface area contributed by atoms with E-state index in [0.717, 1.165) is 19.6 Å². The maximum atomic E-state index is 5.64. The van der Waals surface area contributed by atoms with Gasteiger partial charge in [-0.25, -0.2) is 0 Å². The molecular formula is C15H21NO2. The van der Waals surface area contributed by atoms with Crippen molar-refractivity contribution in [1.82, 2.24) is 4.90 Å². The molecule has 2 aliphatic heterocycles. The maximum Gasteiger partial charge on any atom is 0.175 e. The Morgan fingerprint density at radius 2 is 1.72 bits per heavy atom. The molecule has 98 valence electrons. The number of rotatable bonds is 4. The Hall–Kier alpha value is -0.900. The smallest absolute Gasteiger partial charge is 0.175 e. The van der Waals surface area contributed by atoms with Gasteiger partial charge < -0.3 is 9.47 Å². The molecule has 2 atom stereocenters. The highest BCUT2D eigenvalue weighted by Gasteiger charge is 2.59. The summed E-state index contributed by atoms with van der Waals surface area (Å²) in [5.41, 5.74) is 1.39. The van der Waals surface area contributed by atoms with Crippen molar-refractivity contribution in [3.05, 3.63) is 35.9 Å². The number of ether oxygens (including phenoxy) is 2. The monoisotopic (exact) mass is 247 g/mol. The predicted octanol–water partition coefficient (Wildman–Crippen LogP) is 2.13. The summed E-state index contributed by atoms with van der Waals surface area (Å²) in [6.45, 7) is 3.19. The van der Waals surface area contributed by atoms with Crippen molar-refractivity contribution >= 4 is 0 Å². The van der Waals surface area contributed by atoms with E-state index in [0.29, 0.717) is 11.8 Å². The zero-order valence-corrected chi connectivity index (χ0v) is 11.1. The molecular weight excluding hydrogens is 226 g/mol. The predicted molar refractivity (Wildman–Crippen MR) is 70.1 cm³/mol. The first-order valence-corrected chi connectivity index (χ1v) is 6.65. The molecule has 3 fully saturated rings. The SMILES string of the molecule is COC1(OC)C2CC1CN(Cc1ccccc1)C2. The van der Waals surface area contributed by atoms with Crippen LogP contribution in [0.25, 0.3) is 0 Å². The lowest BCUT2D eigenvalue weighted by Gasteiger charge is -2.59. The Kier molecular flexibility index (Phi) is 3.14. The Bertz CT molecular complexity index is 388. The van der Waals surface area contributed by atoms with Crippen LogP contribution in [0.1, 0.15) is 12.0 Å². The number of methoxy groups -OCH3 is 2. The molecule has 0 radical (unpaired) electrons. The molecule has 1 saturated carbocycles. The van der Waals surface area contributed by atoms with E-state index < -0.39 is 0 Å². The number of fused-ring (bicyclic) bond motifs is 2. The van der Waals surface area contributed by atoms with Gasteiger partial charge in [-0.05, 0) is 12.0 Å². The third-order valence-corrected chi connectivity index (χ3v) is 4.55. The molecule has 1 aromatic rings. The normalized spacial score (nSPS) is 29.9. The van der Waals surface area contributed by atoms with Gasteiger partial charge in [0.15, 0.2) is 5.79 Å². The van der Waals surface area contributed by atoms with E-state index in [4.69, 9.17) is 9.47 Å². The van der Waals surface area contributed by atoms with Gasteiger partial charge in [0.1, 0.15) is 0 Å². The maximum absolute atomic E-state index is 5.64. The molecule has 3 nitrogen and oxygen atoms in total. The molecule has 1 aromatic carbocycles. The summed E-state index contributed by atoms with van der Waals surface area (Å²) in [5.74, 6) is 0.748. The highest BCUT2D eigenvalue weighted by atomic mass is 16.7. The Morgan fingerprint density at radius 3 is 2.28 bits per heavy atom. The molecule has 0 N–H and O–H groups in total. The van der Waals surface area contributed by atoms with Gasteiger partial charge >= 0.3 is 0 Å². The van der Waals surface area contributed by atoms with Crippen molar-refractivity contribution in [3.63, 3.8) is 0 Å². The molecule has 0 spiro atoms. The Labute approximate surface area is 109 Å². The zero-order chi connectivity index (χ0) is 12.6. The summed E-state index contributed by atoms with van der Waals surface area (Å²) in [4.78, 5) is 2.52. The van der Waals surface area contributed by atoms with Crippen LogP contribution >= 0.6 is 0 Å². The van der Waals surface area contributed by atoms with E-state index in [1.165, 1.54) is 12.0 Å². The lowest BCUT2D eigenvalue weighted by Crippen LogP contribution is -2.68. The van der Waals surface area contributed by atoms with Gasteiger partial charge in [0.2, 0.25) is 0 Å². The molecule has 3 aliphatic rings. The average Bonchev–Trinajstić information content (AvgIpc) is 2.41. The third-order valence-electron chi connectivity index (χ3n) is 4.55. The number of nitrogens with zero attached hydrogens (tertiary/aromatic N) is 1. The largest absolute Gasteiger partial charge is 0.353 e. The van der Waals surface area contributed by atoms with Crippen LogP contribution in [-0.2, 0) is 16.0 Å². The number of piperidine rings is 2. The topological polar surface area (TPSA) is 21.7 Å². The third kappa shape index (κ3) is 1.78. The van der Waals surface area contributed by atoms with Crippen LogP contribution in [0.2, 0.25) is 0 Å². The highest BCUT2D eigenvalue weighted by molar-refractivity contribution is 5.15. The van der Waals surface area contributed by atoms with Gasteiger partial charge in [0.05, 0.1) is 0 Å². The Morgan fingerprint density at radius 1 is 1.11 bits per heavy atom. The summed E-state index contributed by atoms with van der Waals surface area (Å²) >= 11 is 0. The standard InChI is InChI=1S/C15H21NO2/c1-17-15(18-2)13-8-14(15)11-16(10-13)9-12-6-4-3-5-7-12/h3-7,13-14H,8-11H2,1-2H3. The van der Waals surface area contributed by atoms with Crippen molar-refractivity contribution in [3.8, 4) is 0 Å². The zero-order valence-electron chi connectivity index (χ0n) is 11.1. The van der Waals surface area contributed by atoms with Crippen LogP contribution in [-0.4, -0.2) is 38.0 Å². The van der Waals surface area contributed by atoms with Crippen molar-refractivity contribution in [2.24, 2.45) is 11.8 Å². The van der Waals surface area contributed by atoms with Crippen molar-refractivity contribution in [2.45, 2.75) is 18.8 Å². The molecule has 0 amide bonds. The first-order chi connectivity index (χ1) is 8.78. The summed E-state index contributed by atoms with van der Waals surface area (Å²) in [5, 5.41) is 0. The number of hydrogen-bond donors (Lipinski definition) is 0. The van der Waals surface area contributed by atoms with Gasteiger partial charge in [-0.1, -0.05) is 30.3 Å². The van der Waals surface area contributed by atoms with Gasteiger partial charge in [-0.3, -0.25) is 4.90 Å². The van der Waals surface area contributed by atoms with Crippen LogP contribution in [0.5, 0.6) is 0 Å². The fourth-order valence-corrected chi connectivity index (χ4v) is 3.67. The van der Waals surface area contributed by atoms with Crippen molar-refractivity contribution in [2.75, 3.05) is 27.3 Å². The minimum atomic E-state index is -0.298. The summed E-state index contributed by atoms with van der Waals surface area (Å²) in [6.07, 6.45) is 1.24. The molecule has 1 aliphatic carbocycles. The van der Waals surface area contributed by atoms with Crippen LogP contribution in [0.15, 0.2) is 30.3 Å². The fourth-order valence-electron chi connectivity index (χ4n) is 3.67. The highest BCUT2D eigenvalue weighted by Crippen LogP contribution is 2.51. The second-order valence-electron chi connectivity index (χ2n) is 5.44. The Balaban J connectivity index is 1.64. The van der Waals surface area contributed by atoms with E-state index in [1.807, 2.05) is 0 Å². The second-order valence-corrected chi connectivity index (χ2v) is 5.44. The van der Waals surface area contributed by atoms with Crippen LogP contribution in [0.3, 0.4) is 0 Å². The quantitative estimate of drug-likeness (QED) is 0.761. The van der Waals surface area contributed by atoms with Crippen LogP contribution in [0, 0.1) is 11.8 Å². The number of benzene rings is 1. The molecule has 4 rings (SSSR count). The van der Waals surface area contributed by atoms with E-state index >= 15 is 0 Å². The first-order valence-electron chi connectivity index (χ1n) is 6.65. The molecule has 2 saturated heterocycles. The van der Waals surface area contributed by atoms with Gasteiger partial charge in [0, 0.05) is 45.7 Å². The van der Waals surface area contributed by atoms with Crippen LogP contribution < -0.4 is 0 Å². The lowest BCUT2D eigenvalue weighted by molar-refractivity contribution is -0.344. The molecule has 2 heterocycles. The van der Waals surface area contributed by atoms with Gasteiger partial charge in [0.25, 0.3) is 0 Å². The molecule has 3 heteroatoms. The average molecular weight is 247 g/mol. The first kappa shape index (κ1) is 12.2. The fraction of sp³-hybridized carbons (Fsp3) is 0.600. The van der Waals surface area contributed by atoms with Gasteiger partial charge in [-0.2, -0.15) is 0 Å². The van der Waals surface area contributed by atoms with E-state index in [-0.39, 0.29) is 5.79 Å². The van der Waals surface area contributed by atoms with Crippen molar-refractivity contribution in [1.29, 1.82) is 0 Å². The minimum absolute atomic E-state index is 0.298. The van der Waals surface area contributed by atoms with Crippen LogP contribution in [0.4, 0.5) is 0 Å². The summed E-state index contributed by atoms with van der Waals surface area (Å²) in [7, 11) is 3.55.